The number of hydrogen-bond acceptors (Lipinski definition) is 9. The van der Waals surface area contributed by atoms with E-state index < -0.39 is 6.23 Å². The third kappa shape index (κ3) is 5.65. The molecule has 0 fully saturated rings. The number of furan rings is 1. The maximum atomic E-state index is 12.0. The standard InChI is InChI=1S/C27H25BrN4O4S/c1-3-5-14-37-27-30-25-23(31-32-27)19-15-18(28)10-11-20(19)29-24(36-25)22-13-12-21(35-22)16-6-8-17(9-7-16)26(33)34-4-2/h6-13,15,24,29H,3-5,14H2,1-2H3/t24-/m0/s1. The third-order valence-corrected chi connectivity index (χ3v) is 7.10. The summed E-state index contributed by atoms with van der Waals surface area (Å²) in [5, 5.41) is 12.8. The van der Waals surface area contributed by atoms with Crippen LogP contribution in [0.3, 0.4) is 0 Å². The lowest BCUT2D eigenvalue weighted by molar-refractivity contribution is 0.0526. The van der Waals surface area contributed by atoms with Crippen LogP contribution in [0.1, 0.15) is 49.0 Å². The van der Waals surface area contributed by atoms with Gasteiger partial charge < -0.3 is 19.2 Å². The van der Waals surface area contributed by atoms with Gasteiger partial charge in [0.1, 0.15) is 5.76 Å². The maximum Gasteiger partial charge on any atom is 0.338 e. The smallest absolute Gasteiger partial charge is 0.338 e. The fourth-order valence-corrected chi connectivity index (χ4v) is 5.02. The number of halogens is 1. The Hall–Kier alpha value is -3.37. The second kappa shape index (κ2) is 11.4. The van der Waals surface area contributed by atoms with Crippen LogP contribution in [0.15, 0.2) is 68.6 Å². The van der Waals surface area contributed by atoms with Gasteiger partial charge in [-0.1, -0.05) is 53.2 Å². The number of aromatic nitrogens is 3. The number of ether oxygens (including phenoxy) is 2. The predicted octanol–water partition coefficient (Wildman–Crippen LogP) is 7.13. The van der Waals surface area contributed by atoms with E-state index in [0.717, 1.165) is 39.9 Å². The molecule has 0 amide bonds. The van der Waals surface area contributed by atoms with Crippen LogP contribution in [0.25, 0.3) is 22.6 Å². The number of carbonyl (C=O) groups is 1. The molecule has 5 rings (SSSR count). The molecule has 0 unspecified atom stereocenters. The summed E-state index contributed by atoms with van der Waals surface area (Å²) in [7, 11) is 0. The first-order valence-electron chi connectivity index (χ1n) is 12.0. The number of thioether (sulfide) groups is 1. The SMILES string of the molecule is CCCCSc1nnc2c(n1)O[C@@H](c1ccc(-c3ccc(C(=O)OCC)cc3)o1)Nc1ccc(Br)cc1-2. The van der Waals surface area contributed by atoms with E-state index in [9.17, 15) is 4.79 Å². The van der Waals surface area contributed by atoms with Gasteiger partial charge in [0.2, 0.25) is 17.3 Å². The minimum Gasteiger partial charge on any atom is -0.462 e. The zero-order chi connectivity index (χ0) is 25.8. The molecule has 37 heavy (non-hydrogen) atoms. The fourth-order valence-electron chi connectivity index (χ4n) is 3.80. The first-order chi connectivity index (χ1) is 18.1. The molecule has 0 saturated carbocycles. The summed E-state index contributed by atoms with van der Waals surface area (Å²) in [6, 6.07) is 16.7. The van der Waals surface area contributed by atoms with E-state index in [0.29, 0.717) is 40.4 Å². The Morgan fingerprint density at radius 1 is 1.11 bits per heavy atom. The number of benzene rings is 2. The number of rotatable bonds is 8. The van der Waals surface area contributed by atoms with Crippen molar-refractivity contribution in [2.24, 2.45) is 0 Å². The van der Waals surface area contributed by atoms with E-state index in [1.54, 1.807) is 30.8 Å². The van der Waals surface area contributed by atoms with Gasteiger partial charge in [-0.25, -0.2) is 4.79 Å². The van der Waals surface area contributed by atoms with Gasteiger partial charge in [0.15, 0.2) is 11.5 Å². The van der Waals surface area contributed by atoms with Gasteiger partial charge in [0, 0.05) is 27.0 Å². The van der Waals surface area contributed by atoms with Gasteiger partial charge in [-0.05, 0) is 55.8 Å². The third-order valence-electron chi connectivity index (χ3n) is 5.68. The Morgan fingerprint density at radius 2 is 1.95 bits per heavy atom. The summed E-state index contributed by atoms with van der Waals surface area (Å²) >= 11 is 5.11. The van der Waals surface area contributed by atoms with Gasteiger partial charge in [0.25, 0.3) is 0 Å². The topological polar surface area (TPSA) is 99.4 Å². The first-order valence-corrected chi connectivity index (χ1v) is 13.8. The van der Waals surface area contributed by atoms with Crippen LogP contribution in [0.4, 0.5) is 5.69 Å². The highest BCUT2D eigenvalue weighted by Crippen LogP contribution is 2.41. The fraction of sp³-hybridized carbons (Fsp3) is 0.259. The summed E-state index contributed by atoms with van der Waals surface area (Å²) in [5.74, 6) is 2.17. The molecule has 0 bridgehead atoms. The van der Waals surface area contributed by atoms with Crippen molar-refractivity contribution >= 4 is 39.3 Å². The van der Waals surface area contributed by atoms with Crippen LogP contribution in [-0.2, 0) is 4.74 Å². The number of anilines is 1. The van der Waals surface area contributed by atoms with E-state index in [1.807, 2.05) is 42.5 Å². The normalized spacial score (nSPS) is 14.1. The van der Waals surface area contributed by atoms with Crippen molar-refractivity contribution in [2.45, 2.75) is 38.1 Å². The number of carbonyl (C=O) groups excluding carboxylic acids is 1. The Balaban J connectivity index is 1.45. The van der Waals surface area contributed by atoms with Crippen molar-refractivity contribution in [2.75, 3.05) is 17.7 Å². The molecule has 3 heterocycles. The zero-order valence-corrected chi connectivity index (χ0v) is 22.8. The van der Waals surface area contributed by atoms with E-state index in [-0.39, 0.29) is 5.97 Å². The van der Waals surface area contributed by atoms with Gasteiger partial charge in [0.05, 0.1) is 12.2 Å². The van der Waals surface area contributed by atoms with Crippen molar-refractivity contribution in [3.05, 3.63) is 70.4 Å². The van der Waals surface area contributed by atoms with E-state index in [4.69, 9.17) is 13.9 Å². The van der Waals surface area contributed by atoms with E-state index >= 15 is 0 Å². The van der Waals surface area contributed by atoms with E-state index in [1.165, 1.54) is 0 Å². The lowest BCUT2D eigenvalue weighted by atomic mass is 10.1. The van der Waals surface area contributed by atoms with Crippen molar-refractivity contribution in [1.82, 2.24) is 15.2 Å². The number of hydrogen-bond donors (Lipinski definition) is 1. The average Bonchev–Trinajstić information content (AvgIpc) is 3.34. The molecule has 0 radical (unpaired) electrons. The molecule has 8 nitrogen and oxygen atoms in total. The number of esters is 1. The molecular formula is C27H25BrN4O4S. The molecule has 1 atom stereocenters. The van der Waals surface area contributed by atoms with Crippen LogP contribution in [0.2, 0.25) is 0 Å². The molecule has 0 spiro atoms. The van der Waals surface area contributed by atoms with Crippen LogP contribution in [-0.4, -0.2) is 33.5 Å². The molecule has 1 N–H and O–H groups in total. The number of fused-ring (bicyclic) bond motifs is 3. The quantitative estimate of drug-likeness (QED) is 0.132. The van der Waals surface area contributed by atoms with Gasteiger partial charge in [-0.3, -0.25) is 0 Å². The minimum absolute atomic E-state index is 0.332. The van der Waals surface area contributed by atoms with Crippen LogP contribution >= 0.6 is 27.7 Å². The largest absolute Gasteiger partial charge is 0.462 e. The Kier molecular flexibility index (Phi) is 7.76. The molecule has 4 aromatic rings. The Bertz CT molecular complexity index is 1410. The minimum atomic E-state index is -0.640. The number of unbranched alkanes of at least 4 members (excludes halogenated alkanes) is 1. The molecule has 190 valence electrons. The lowest BCUT2D eigenvalue weighted by Gasteiger charge is -2.16. The molecule has 1 aliphatic rings. The Labute approximate surface area is 227 Å². The summed E-state index contributed by atoms with van der Waals surface area (Å²) in [5.41, 5.74) is 3.54. The van der Waals surface area contributed by atoms with Crippen molar-refractivity contribution in [3.8, 4) is 28.5 Å². The molecule has 10 heteroatoms. The second-order valence-corrected chi connectivity index (χ2v) is 10.3. The molecule has 0 saturated heterocycles. The Morgan fingerprint density at radius 3 is 2.73 bits per heavy atom. The van der Waals surface area contributed by atoms with Gasteiger partial charge >= 0.3 is 5.97 Å². The molecule has 2 aromatic carbocycles. The molecule has 2 aromatic heterocycles. The monoisotopic (exact) mass is 580 g/mol. The highest BCUT2D eigenvalue weighted by molar-refractivity contribution is 9.10. The number of nitrogens with one attached hydrogen (secondary N) is 1. The lowest BCUT2D eigenvalue weighted by Crippen LogP contribution is -2.16. The average molecular weight is 581 g/mol. The van der Waals surface area contributed by atoms with Crippen LogP contribution < -0.4 is 10.1 Å². The maximum absolute atomic E-state index is 12.0. The van der Waals surface area contributed by atoms with Crippen molar-refractivity contribution < 1.29 is 18.7 Å². The van der Waals surface area contributed by atoms with Crippen molar-refractivity contribution in [1.29, 1.82) is 0 Å². The highest BCUT2D eigenvalue weighted by Gasteiger charge is 2.28. The van der Waals surface area contributed by atoms with Crippen molar-refractivity contribution in [3.63, 3.8) is 0 Å². The molecular weight excluding hydrogens is 556 g/mol. The predicted molar refractivity (Wildman–Crippen MR) is 146 cm³/mol. The van der Waals surface area contributed by atoms with Crippen LogP contribution in [0, 0.1) is 0 Å². The van der Waals surface area contributed by atoms with Crippen LogP contribution in [0.5, 0.6) is 5.88 Å². The van der Waals surface area contributed by atoms with Gasteiger partial charge in [-0.2, -0.15) is 4.98 Å². The summed E-state index contributed by atoms with van der Waals surface area (Å²) in [4.78, 5) is 16.6. The number of nitrogens with zero attached hydrogens (tertiary/aromatic N) is 3. The molecule has 1 aliphatic heterocycles. The zero-order valence-electron chi connectivity index (χ0n) is 20.4. The summed E-state index contributed by atoms with van der Waals surface area (Å²) in [6.45, 7) is 4.26. The molecule has 0 aliphatic carbocycles. The van der Waals surface area contributed by atoms with E-state index in [2.05, 4.69) is 43.4 Å². The highest BCUT2D eigenvalue weighted by atomic mass is 79.9. The summed E-state index contributed by atoms with van der Waals surface area (Å²) in [6.07, 6.45) is 1.53. The first kappa shape index (κ1) is 25.3. The second-order valence-electron chi connectivity index (χ2n) is 8.28. The van der Waals surface area contributed by atoms with Gasteiger partial charge in [-0.15, -0.1) is 10.2 Å². The summed E-state index contributed by atoms with van der Waals surface area (Å²) < 4.78 is 18.5.